The molecule has 2 fully saturated rings. The molecule has 1 spiro atoms. The van der Waals surface area contributed by atoms with E-state index in [2.05, 4.69) is 40.5 Å². The summed E-state index contributed by atoms with van der Waals surface area (Å²) in [6.07, 6.45) is 4.26. The molecule has 1 N–H and O–H groups in total. The molecule has 2 aromatic rings. The molecule has 0 radical (unpaired) electrons. The van der Waals surface area contributed by atoms with Gasteiger partial charge in [0.2, 0.25) is 0 Å². The van der Waals surface area contributed by atoms with Gasteiger partial charge in [-0.2, -0.15) is 0 Å². The molecule has 6 nitrogen and oxygen atoms in total. The van der Waals surface area contributed by atoms with Crippen molar-refractivity contribution < 1.29 is 19.0 Å². The molecular weight excluding hydrogens is 392 g/mol. The van der Waals surface area contributed by atoms with Crippen LogP contribution in [0.25, 0.3) is 0 Å². The van der Waals surface area contributed by atoms with E-state index in [4.69, 9.17) is 14.2 Å². The Bertz CT molecular complexity index is 850. The first-order valence-corrected chi connectivity index (χ1v) is 11.1. The van der Waals surface area contributed by atoms with E-state index in [-0.39, 0.29) is 24.2 Å². The van der Waals surface area contributed by atoms with Crippen molar-refractivity contribution in [3.05, 3.63) is 60.2 Å². The molecule has 1 unspecified atom stereocenters. The summed E-state index contributed by atoms with van der Waals surface area (Å²) in [6.45, 7) is 3.61. The Morgan fingerprint density at radius 2 is 1.77 bits per heavy atom. The Morgan fingerprint density at radius 1 is 1.06 bits per heavy atom. The number of rotatable bonds is 8. The van der Waals surface area contributed by atoms with Crippen LogP contribution < -0.4 is 14.8 Å². The van der Waals surface area contributed by atoms with E-state index in [1.54, 1.807) is 13.2 Å². The van der Waals surface area contributed by atoms with Crippen LogP contribution in [0.3, 0.4) is 0 Å². The third kappa shape index (κ3) is 5.77. The molecule has 31 heavy (non-hydrogen) atoms. The van der Waals surface area contributed by atoms with Crippen LogP contribution in [0.4, 0.5) is 0 Å². The van der Waals surface area contributed by atoms with E-state index in [0.29, 0.717) is 18.0 Å². The first kappa shape index (κ1) is 21.7. The topological polar surface area (TPSA) is 60.0 Å². The molecule has 1 amide bonds. The lowest BCUT2D eigenvalue weighted by Gasteiger charge is -2.39. The van der Waals surface area contributed by atoms with Gasteiger partial charge in [0.1, 0.15) is 0 Å². The maximum atomic E-state index is 12.2. The number of likely N-dealkylation sites (tertiary alicyclic amines) is 1. The summed E-state index contributed by atoms with van der Waals surface area (Å²) in [7, 11) is 1.59. The number of benzene rings is 2. The highest BCUT2D eigenvalue weighted by molar-refractivity contribution is 5.77. The number of nitrogens with zero attached hydrogens (tertiary/aromatic N) is 1. The van der Waals surface area contributed by atoms with Gasteiger partial charge in [-0.15, -0.1) is 0 Å². The van der Waals surface area contributed by atoms with Crippen molar-refractivity contribution in [1.82, 2.24) is 10.2 Å². The maximum absolute atomic E-state index is 12.2. The first-order chi connectivity index (χ1) is 15.2. The second kappa shape index (κ2) is 10.2. The smallest absolute Gasteiger partial charge is 0.258 e. The first-order valence-electron chi connectivity index (χ1n) is 11.1. The van der Waals surface area contributed by atoms with Crippen LogP contribution in [0.2, 0.25) is 0 Å². The highest BCUT2D eigenvalue weighted by Gasteiger charge is 2.42. The molecule has 2 saturated heterocycles. The van der Waals surface area contributed by atoms with Crippen molar-refractivity contribution in [2.45, 2.75) is 43.9 Å². The van der Waals surface area contributed by atoms with Crippen LogP contribution in [0.5, 0.6) is 11.5 Å². The van der Waals surface area contributed by atoms with Gasteiger partial charge in [-0.3, -0.25) is 9.69 Å². The molecule has 2 aromatic carbocycles. The van der Waals surface area contributed by atoms with Crippen LogP contribution in [-0.2, 0) is 16.1 Å². The second-order valence-electron chi connectivity index (χ2n) is 8.47. The van der Waals surface area contributed by atoms with Crippen molar-refractivity contribution in [3.63, 3.8) is 0 Å². The van der Waals surface area contributed by atoms with Crippen LogP contribution in [0.1, 0.15) is 31.2 Å². The highest BCUT2D eigenvalue weighted by atomic mass is 16.5. The van der Waals surface area contributed by atoms with Gasteiger partial charge in [0.15, 0.2) is 18.1 Å². The molecule has 6 heteroatoms. The van der Waals surface area contributed by atoms with Crippen LogP contribution in [-0.4, -0.2) is 55.9 Å². The Morgan fingerprint density at radius 3 is 2.52 bits per heavy atom. The van der Waals surface area contributed by atoms with Gasteiger partial charge < -0.3 is 19.5 Å². The minimum Gasteiger partial charge on any atom is -0.493 e. The summed E-state index contributed by atoms with van der Waals surface area (Å²) in [6, 6.07) is 18.0. The fraction of sp³-hybridized carbons (Fsp3) is 0.480. The molecule has 4 rings (SSSR count). The van der Waals surface area contributed by atoms with E-state index >= 15 is 0 Å². The number of hydrogen-bond donors (Lipinski definition) is 1. The van der Waals surface area contributed by atoms with Gasteiger partial charge in [0.05, 0.1) is 18.8 Å². The molecule has 0 bridgehead atoms. The Hall–Kier alpha value is -2.57. The van der Waals surface area contributed by atoms with Gasteiger partial charge in [0.25, 0.3) is 5.91 Å². The van der Waals surface area contributed by atoms with Crippen LogP contribution in [0.15, 0.2) is 54.6 Å². The van der Waals surface area contributed by atoms with Crippen molar-refractivity contribution in [2.24, 2.45) is 0 Å². The number of carbonyl (C=O) groups excluding carboxylic acids is 1. The fourth-order valence-electron chi connectivity index (χ4n) is 4.53. The summed E-state index contributed by atoms with van der Waals surface area (Å²) in [4.78, 5) is 14.7. The zero-order valence-electron chi connectivity index (χ0n) is 18.2. The molecule has 2 aliphatic heterocycles. The lowest BCUT2D eigenvalue weighted by atomic mass is 9.88. The maximum Gasteiger partial charge on any atom is 0.258 e. The number of nitrogens with one attached hydrogen (secondary N) is 1. The molecule has 166 valence electrons. The summed E-state index contributed by atoms with van der Waals surface area (Å²) in [5.74, 6) is 1.04. The highest BCUT2D eigenvalue weighted by Crippen LogP contribution is 2.39. The largest absolute Gasteiger partial charge is 0.493 e. The number of hydrogen-bond acceptors (Lipinski definition) is 5. The average molecular weight is 425 g/mol. The van der Waals surface area contributed by atoms with Crippen molar-refractivity contribution in [3.8, 4) is 11.5 Å². The van der Waals surface area contributed by atoms with Gasteiger partial charge in [0, 0.05) is 26.2 Å². The van der Waals surface area contributed by atoms with Gasteiger partial charge in [-0.1, -0.05) is 42.5 Å². The zero-order chi connectivity index (χ0) is 21.5. The number of methoxy groups -OCH3 is 1. The van der Waals surface area contributed by atoms with E-state index in [1.807, 2.05) is 18.2 Å². The molecule has 0 aromatic heterocycles. The molecule has 2 heterocycles. The number of carbonyl (C=O) groups is 1. The van der Waals surface area contributed by atoms with E-state index in [9.17, 15) is 4.79 Å². The zero-order valence-corrected chi connectivity index (χ0v) is 18.2. The van der Waals surface area contributed by atoms with Crippen LogP contribution in [0, 0.1) is 0 Å². The number of ether oxygens (including phenoxy) is 3. The molecule has 0 saturated carbocycles. The number of piperidine rings is 1. The fourth-order valence-corrected chi connectivity index (χ4v) is 4.53. The predicted molar refractivity (Wildman–Crippen MR) is 119 cm³/mol. The quantitative estimate of drug-likeness (QED) is 0.704. The van der Waals surface area contributed by atoms with E-state index < -0.39 is 0 Å². The molecule has 2 aliphatic rings. The normalized spacial score (nSPS) is 20.5. The third-order valence-electron chi connectivity index (χ3n) is 6.31. The van der Waals surface area contributed by atoms with Crippen molar-refractivity contribution >= 4 is 5.91 Å². The Balaban J connectivity index is 1.17. The van der Waals surface area contributed by atoms with Gasteiger partial charge >= 0.3 is 0 Å². The van der Waals surface area contributed by atoms with E-state index in [0.717, 1.165) is 45.3 Å². The molecular formula is C25H32N2O4. The summed E-state index contributed by atoms with van der Waals surface area (Å²) >= 11 is 0. The lowest BCUT2D eigenvalue weighted by molar-refractivity contribution is -0.124. The second-order valence-corrected chi connectivity index (χ2v) is 8.47. The Kier molecular flexibility index (Phi) is 7.10. The standard InChI is InChI=1S/C25H32N2O4/c1-29-22-9-5-6-10-23(22)30-19-24(28)26-17-21-11-12-25(31-21)13-15-27(16-14-25)18-20-7-3-2-4-8-20/h2-10,21H,11-19H2,1H3,(H,26,28). The van der Waals surface area contributed by atoms with Crippen molar-refractivity contribution in [2.75, 3.05) is 33.4 Å². The summed E-state index contributed by atoms with van der Waals surface area (Å²) in [5.41, 5.74) is 1.35. The summed E-state index contributed by atoms with van der Waals surface area (Å²) < 4.78 is 17.3. The lowest BCUT2D eigenvalue weighted by Crippen LogP contribution is -2.45. The van der Waals surface area contributed by atoms with Crippen LogP contribution >= 0.6 is 0 Å². The molecule has 0 aliphatic carbocycles. The number of amides is 1. The SMILES string of the molecule is COc1ccccc1OCC(=O)NCC1CCC2(CCN(Cc3ccccc3)CC2)O1. The van der Waals surface area contributed by atoms with Crippen molar-refractivity contribution in [1.29, 1.82) is 0 Å². The van der Waals surface area contributed by atoms with E-state index in [1.165, 1.54) is 5.56 Å². The predicted octanol–water partition coefficient (Wildman–Crippen LogP) is 3.40. The monoisotopic (exact) mass is 424 g/mol. The van der Waals surface area contributed by atoms with Gasteiger partial charge in [-0.05, 0) is 43.4 Å². The average Bonchev–Trinajstić information content (AvgIpc) is 3.21. The molecule has 1 atom stereocenters. The third-order valence-corrected chi connectivity index (χ3v) is 6.31. The minimum atomic E-state index is -0.145. The van der Waals surface area contributed by atoms with Gasteiger partial charge in [-0.25, -0.2) is 0 Å². The minimum absolute atomic E-state index is 0.0174. The number of para-hydroxylation sites is 2. The Labute approximate surface area is 184 Å². The summed E-state index contributed by atoms with van der Waals surface area (Å²) in [5, 5.41) is 2.96.